The molecule has 2 aromatic carbocycles. The number of aromatic hydroxyl groups is 2. The van der Waals surface area contributed by atoms with Gasteiger partial charge >= 0.3 is 0 Å². The second-order valence-corrected chi connectivity index (χ2v) is 7.22. The van der Waals surface area contributed by atoms with Crippen LogP contribution in [-0.4, -0.2) is 54.8 Å². The number of carbonyl (C=O) groups excluding carboxylic acids is 2. The topological polar surface area (TPSA) is 141 Å². The molecule has 0 aliphatic heterocycles. The van der Waals surface area contributed by atoms with E-state index in [0.29, 0.717) is 0 Å². The Morgan fingerprint density at radius 2 is 1.24 bits per heavy atom. The van der Waals surface area contributed by atoms with Crippen LogP contribution in [0.15, 0.2) is 48.5 Å². The summed E-state index contributed by atoms with van der Waals surface area (Å²) >= 11 is 0. The number of hydrogen-bond acceptors (Lipinski definition) is 10. The Labute approximate surface area is 191 Å². The number of benzene rings is 2. The fourth-order valence-corrected chi connectivity index (χ4v) is 3.10. The molecule has 0 fully saturated rings. The van der Waals surface area contributed by atoms with Gasteiger partial charge in [0.1, 0.15) is 11.5 Å². The van der Waals surface area contributed by atoms with Gasteiger partial charge in [-0.25, -0.2) is 9.99 Å². The van der Waals surface area contributed by atoms with Crippen LogP contribution in [0, 0.1) is 0 Å². The van der Waals surface area contributed by atoms with Crippen molar-refractivity contribution in [2.45, 2.75) is 26.7 Å². The van der Waals surface area contributed by atoms with E-state index in [0.717, 1.165) is 25.9 Å². The molecular formula is C23H26N6O4. The molecule has 4 N–H and O–H groups in total. The number of anilines is 1. The fraction of sp³-hybridized carbons (Fsp3) is 0.261. The highest BCUT2D eigenvalue weighted by atomic mass is 16.3. The second kappa shape index (κ2) is 11.1. The molecule has 1 aromatic heterocycles. The van der Waals surface area contributed by atoms with Crippen molar-refractivity contribution in [3.8, 4) is 11.5 Å². The molecule has 1 heterocycles. The molecule has 33 heavy (non-hydrogen) atoms. The van der Waals surface area contributed by atoms with E-state index >= 15 is 0 Å². The van der Waals surface area contributed by atoms with E-state index < -0.39 is 11.6 Å². The Balaban J connectivity index is 2.00. The minimum absolute atomic E-state index is 0.0119. The molecular weight excluding hydrogens is 424 g/mol. The molecule has 0 bridgehead atoms. The second-order valence-electron chi connectivity index (χ2n) is 7.22. The van der Waals surface area contributed by atoms with Gasteiger partial charge in [0.05, 0.1) is 11.1 Å². The summed E-state index contributed by atoms with van der Waals surface area (Å²) in [5.74, 6) is -2.53. The van der Waals surface area contributed by atoms with Crippen LogP contribution in [0.1, 0.15) is 59.1 Å². The highest BCUT2D eigenvalue weighted by Crippen LogP contribution is 2.21. The van der Waals surface area contributed by atoms with Gasteiger partial charge in [0, 0.05) is 13.1 Å². The van der Waals surface area contributed by atoms with Crippen LogP contribution in [0.4, 0.5) is 5.95 Å². The predicted octanol–water partition coefficient (Wildman–Crippen LogP) is 2.70. The van der Waals surface area contributed by atoms with Gasteiger partial charge in [0.2, 0.25) is 29.2 Å². The first-order chi connectivity index (χ1) is 15.9. The average molecular weight is 450 g/mol. The van der Waals surface area contributed by atoms with E-state index in [-0.39, 0.29) is 40.2 Å². The summed E-state index contributed by atoms with van der Waals surface area (Å²) in [5, 5.41) is 22.1. The highest BCUT2D eigenvalue weighted by molar-refractivity contribution is 6.11. The lowest BCUT2D eigenvalue weighted by Crippen LogP contribution is -2.43. The van der Waals surface area contributed by atoms with Crippen molar-refractivity contribution in [3.05, 3.63) is 71.3 Å². The van der Waals surface area contributed by atoms with Crippen LogP contribution in [0.25, 0.3) is 0 Å². The van der Waals surface area contributed by atoms with Crippen molar-refractivity contribution in [2.24, 2.45) is 0 Å². The lowest BCUT2D eigenvalue weighted by Gasteiger charge is -2.22. The molecule has 0 aliphatic rings. The van der Waals surface area contributed by atoms with Crippen LogP contribution in [0.2, 0.25) is 0 Å². The summed E-state index contributed by atoms with van der Waals surface area (Å²) < 4.78 is 0. The summed E-state index contributed by atoms with van der Waals surface area (Å²) in [6.07, 6.45) is 1.81. The van der Waals surface area contributed by atoms with E-state index in [1.54, 1.807) is 24.3 Å². The van der Waals surface area contributed by atoms with Crippen LogP contribution >= 0.6 is 0 Å². The molecule has 0 saturated carbocycles. The van der Waals surface area contributed by atoms with Crippen LogP contribution in [0.5, 0.6) is 11.5 Å². The van der Waals surface area contributed by atoms with Gasteiger partial charge in [0.25, 0.3) is 0 Å². The monoisotopic (exact) mass is 450 g/mol. The lowest BCUT2D eigenvalue weighted by molar-refractivity contribution is 0.102. The van der Waals surface area contributed by atoms with E-state index in [2.05, 4.69) is 25.9 Å². The molecule has 0 saturated heterocycles. The van der Waals surface area contributed by atoms with E-state index in [1.165, 1.54) is 24.3 Å². The number of hydrazine groups is 2. The molecule has 3 aromatic rings. The molecule has 0 radical (unpaired) electrons. The fourth-order valence-electron chi connectivity index (χ4n) is 3.10. The quantitative estimate of drug-likeness (QED) is 0.254. The summed E-state index contributed by atoms with van der Waals surface area (Å²) in [6.45, 7) is 5.58. The average Bonchev–Trinajstić information content (AvgIpc) is 2.82. The maximum atomic E-state index is 13.0. The van der Waals surface area contributed by atoms with Gasteiger partial charge in [0.15, 0.2) is 0 Å². The van der Waals surface area contributed by atoms with E-state index in [1.807, 2.05) is 18.9 Å². The third-order valence-electron chi connectivity index (χ3n) is 4.65. The zero-order valence-corrected chi connectivity index (χ0v) is 18.4. The molecule has 10 nitrogen and oxygen atoms in total. The maximum absolute atomic E-state index is 13.0. The Kier molecular flexibility index (Phi) is 8.01. The van der Waals surface area contributed by atoms with Crippen molar-refractivity contribution in [3.63, 3.8) is 0 Å². The number of ketones is 2. The number of para-hydroxylation sites is 2. The number of nitrogens with zero attached hydrogens (tertiary/aromatic N) is 4. The van der Waals surface area contributed by atoms with Gasteiger partial charge in [-0.15, -0.1) is 0 Å². The highest BCUT2D eigenvalue weighted by Gasteiger charge is 2.23. The first kappa shape index (κ1) is 23.8. The molecule has 0 atom stereocenters. The van der Waals surface area contributed by atoms with Crippen molar-refractivity contribution in [2.75, 3.05) is 18.5 Å². The van der Waals surface area contributed by atoms with Gasteiger partial charge in [-0.3, -0.25) is 15.0 Å². The van der Waals surface area contributed by atoms with E-state index in [4.69, 9.17) is 0 Å². The Hall–Kier alpha value is -3.89. The number of aromatic nitrogens is 3. The molecule has 0 unspecified atom stereocenters. The molecule has 3 rings (SSSR count). The molecule has 0 amide bonds. The Morgan fingerprint density at radius 1 is 0.788 bits per heavy atom. The number of carbonyl (C=O) groups is 2. The van der Waals surface area contributed by atoms with Crippen LogP contribution in [-0.2, 0) is 0 Å². The predicted molar refractivity (Wildman–Crippen MR) is 122 cm³/mol. The summed E-state index contributed by atoms with van der Waals surface area (Å²) in [4.78, 5) is 38.3. The standard InChI is InChI=1S/C23H26N6O4/c1-3-13-29(14-4-2)28-27-23-25-21(19(32)15-9-5-7-11-17(15)30)24-22(26-23)20(33)16-10-6-8-12-18(16)31/h5-12,28,30-31H,3-4,13-14H2,1-2H3,(H,24,25,26,27). The van der Waals surface area contributed by atoms with Gasteiger partial charge < -0.3 is 10.2 Å². The number of hydrogen-bond donors (Lipinski definition) is 4. The van der Waals surface area contributed by atoms with Gasteiger partial charge in [-0.1, -0.05) is 38.1 Å². The number of nitrogens with one attached hydrogen (secondary N) is 2. The number of rotatable bonds is 11. The van der Waals surface area contributed by atoms with Gasteiger partial charge in [-0.2, -0.15) is 15.5 Å². The molecule has 172 valence electrons. The minimum atomic E-state index is -0.677. The van der Waals surface area contributed by atoms with Gasteiger partial charge in [-0.05, 0) is 37.1 Å². The maximum Gasteiger partial charge on any atom is 0.242 e. The van der Waals surface area contributed by atoms with E-state index in [9.17, 15) is 19.8 Å². The Bertz CT molecular complexity index is 1060. The van der Waals surface area contributed by atoms with Crippen molar-refractivity contribution < 1.29 is 19.8 Å². The third-order valence-corrected chi connectivity index (χ3v) is 4.65. The number of phenols is 2. The smallest absolute Gasteiger partial charge is 0.242 e. The first-order valence-corrected chi connectivity index (χ1v) is 10.6. The number of phenolic OH excluding ortho intramolecular Hbond substituents is 2. The first-order valence-electron chi connectivity index (χ1n) is 10.6. The molecule has 0 spiro atoms. The van der Waals surface area contributed by atoms with Crippen molar-refractivity contribution >= 4 is 17.5 Å². The normalized spacial score (nSPS) is 10.9. The van der Waals surface area contributed by atoms with Crippen LogP contribution in [0.3, 0.4) is 0 Å². The largest absolute Gasteiger partial charge is 0.507 e. The van der Waals surface area contributed by atoms with Crippen molar-refractivity contribution in [1.29, 1.82) is 0 Å². The molecule has 10 heteroatoms. The lowest BCUT2D eigenvalue weighted by atomic mass is 10.1. The third kappa shape index (κ3) is 5.88. The van der Waals surface area contributed by atoms with Crippen molar-refractivity contribution in [1.82, 2.24) is 25.5 Å². The van der Waals surface area contributed by atoms with Crippen LogP contribution < -0.4 is 11.0 Å². The zero-order valence-electron chi connectivity index (χ0n) is 18.4. The summed E-state index contributed by atoms with van der Waals surface area (Å²) in [6, 6.07) is 12.0. The summed E-state index contributed by atoms with van der Waals surface area (Å²) in [7, 11) is 0. The SMILES string of the molecule is CCCN(CCC)NNc1nc(C(=O)c2ccccc2O)nc(C(=O)c2ccccc2O)n1. The zero-order chi connectivity index (χ0) is 23.8. The molecule has 0 aliphatic carbocycles. The minimum Gasteiger partial charge on any atom is -0.507 e. The Morgan fingerprint density at radius 3 is 1.67 bits per heavy atom. The summed E-state index contributed by atoms with van der Waals surface area (Å²) in [5.41, 5.74) is 5.78.